The van der Waals surface area contributed by atoms with E-state index in [1.807, 2.05) is 77.4 Å². The van der Waals surface area contributed by atoms with E-state index in [1.165, 1.54) is 0 Å². The molecule has 0 spiro atoms. The third kappa shape index (κ3) is 19.3. The number of carbonyl (C=O) groups is 5. The Kier molecular flexibility index (Phi) is 18.6. The van der Waals surface area contributed by atoms with E-state index in [4.69, 9.17) is 23.7 Å². The van der Waals surface area contributed by atoms with Gasteiger partial charge in [0, 0.05) is 64.9 Å². The monoisotopic (exact) mass is 825 g/mol. The van der Waals surface area contributed by atoms with Gasteiger partial charge in [-0.25, -0.2) is 19.2 Å². The van der Waals surface area contributed by atoms with Crippen LogP contribution in [0.15, 0.2) is 60.7 Å². The van der Waals surface area contributed by atoms with E-state index >= 15 is 0 Å². The molecule has 1 aliphatic heterocycles. The van der Waals surface area contributed by atoms with Gasteiger partial charge in [-0.15, -0.1) is 0 Å². The summed E-state index contributed by atoms with van der Waals surface area (Å²) in [4.78, 5) is 74.3. The lowest BCUT2D eigenvalue weighted by atomic mass is 10.2. The van der Waals surface area contributed by atoms with Gasteiger partial charge in [-0.1, -0.05) is 60.7 Å². The second-order valence-corrected chi connectivity index (χ2v) is 17.7. The summed E-state index contributed by atoms with van der Waals surface area (Å²) < 4.78 is 28.4. The molecule has 1 aliphatic rings. The van der Waals surface area contributed by atoms with Crippen LogP contribution >= 0.6 is 0 Å². The van der Waals surface area contributed by atoms with Gasteiger partial charge >= 0.3 is 30.1 Å². The number of amides is 2. The number of rotatable bonds is 12. The van der Waals surface area contributed by atoms with Gasteiger partial charge in [0.25, 0.3) is 0 Å². The van der Waals surface area contributed by atoms with E-state index in [1.54, 1.807) is 72.1 Å². The van der Waals surface area contributed by atoms with Crippen molar-refractivity contribution < 1.29 is 47.7 Å². The van der Waals surface area contributed by atoms with Gasteiger partial charge in [-0.3, -0.25) is 19.9 Å². The average Bonchev–Trinajstić information content (AvgIpc) is 3.13. The Morgan fingerprint density at radius 1 is 0.627 bits per heavy atom. The lowest BCUT2D eigenvalue weighted by Crippen LogP contribution is -2.54. The minimum atomic E-state index is -1.41. The van der Waals surface area contributed by atoms with Gasteiger partial charge in [-0.05, 0) is 80.4 Å². The number of nitrogens with zero attached hydrogens (tertiary/aromatic N) is 4. The molecule has 0 aromatic heterocycles. The molecule has 0 aliphatic carbocycles. The highest BCUT2D eigenvalue weighted by Crippen LogP contribution is 2.16. The molecular weight excluding hydrogens is 759 g/mol. The van der Waals surface area contributed by atoms with Crippen molar-refractivity contribution in [2.75, 3.05) is 65.4 Å². The minimum absolute atomic E-state index is 0.0232. The molecule has 1 fully saturated rings. The van der Waals surface area contributed by atoms with E-state index in [-0.39, 0.29) is 58.5 Å². The van der Waals surface area contributed by atoms with Crippen LogP contribution in [-0.2, 0) is 51.3 Å². The Bertz CT molecular complexity index is 1580. The predicted molar refractivity (Wildman–Crippen MR) is 223 cm³/mol. The van der Waals surface area contributed by atoms with Crippen molar-refractivity contribution in [3.05, 3.63) is 71.8 Å². The first kappa shape index (κ1) is 48.6. The van der Waals surface area contributed by atoms with Crippen molar-refractivity contribution in [2.45, 2.75) is 111 Å². The van der Waals surface area contributed by atoms with Crippen molar-refractivity contribution >= 4 is 30.1 Å². The summed E-state index contributed by atoms with van der Waals surface area (Å²) in [6.07, 6.45) is -1.01. The largest absolute Gasteiger partial charge is 0.459 e. The molecule has 0 radical (unpaired) electrons. The molecule has 2 aromatic rings. The molecule has 1 saturated heterocycles. The molecule has 15 heteroatoms. The van der Waals surface area contributed by atoms with E-state index in [9.17, 15) is 24.0 Å². The highest BCUT2D eigenvalue weighted by molar-refractivity contribution is 5.99. The predicted octanol–water partition coefficient (Wildman–Crippen LogP) is 5.25. The summed E-state index contributed by atoms with van der Waals surface area (Å²) in [6, 6.07) is 16.6. The molecule has 0 saturated carbocycles. The van der Waals surface area contributed by atoms with Crippen LogP contribution in [0.1, 0.15) is 80.4 Å². The standard InChI is InChI=1S/C44H67N5O10/c1-33-29-49(41(54)59-44(8,9)10)26-24-46(23-25-47(40(53)58-43(5,6)7)27-28-48(33)30-36(50)57-42(2,3)4)22-21-45-37(38(51)55-31-34-17-13-11-14-18-34)39(52)56-32-35-19-15-12-16-20-35/h11-20,33,37,45H,21-32H2,1-10H3. The van der Waals surface area contributed by atoms with Crippen LogP contribution in [-0.4, -0.2) is 144 Å². The second kappa shape index (κ2) is 22.6. The third-order valence-electron chi connectivity index (χ3n) is 8.89. The molecule has 0 bridgehead atoms. The SMILES string of the molecule is CC1CN(C(=O)OC(C)(C)C)CCN(CCNC(C(=O)OCc2ccccc2)C(=O)OCc2ccccc2)CCN(C(=O)OC(C)(C)C)CCN1CC(=O)OC(C)(C)C. The highest BCUT2D eigenvalue weighted by atomic mass is 16.6. The molecule has 1 N–H and O–H groups in total. The van der Waals surface area contributed by atoms with Crippen molar-refractivity contribution in [3.8, 4) is 0 Å². The summed E-state index contributed by atoms with van der Waals surface area (Å²) in [5, 5.41) is 3.05. The van der Waals surface area contributed by atoms with Crippen LogP contribution in [0.3, 0.4) is 0 Å². The van der Waals surface area contributed by atoms with Crippen LogP contribution in [0.5, 0.6) is 0 Å². The molecule has 2 amide bonds. The fraction of sp³-hybridized carbons (Fsp3) is 0.614. The van der Waals surface area contributed by atoms with E-state index in [2.05, 4.69) is 5.32 Å². The van der Waals surface area contributed by atoms with Crippen LogP contribution in [0.4, 0.5) is 9.59 Å². The van der Waals surface area contributed by atoms with Gasteiger partial charge in [0.1, 0.15) is 30.0 Å². The molecule has 15 nitrogen and oxygen atoms in total. The Balaban J connectivity index is 1.85. The Labute approximate surface area is 350 Å². The number of nitrogens with one attached hydrogen (secondary N) is 1. The zero-order chi connectivity index (χ0) is 43.8. The summed E-state index contributed by atoms with van der Waals surface area (Å²) in [5.41, 5.74) is -0.662. The maximum Gasteiger partial charge on any atom is 0.410 e. The van der Waals surface area contributed by atoms with Crippen LogP contribution in [0.25, 0.3) is 0 Å². The first-order valence-electron chi connectivity index (χ1n) is 20.4. The first-order chi connectivity index (χ1) is 27.6. The van der Waals surface area contributed by atoms with Crippen LogP contribution < -0.4 is 5.32 Å². The molecule has 1 atom stereocenters. The lowest BCUT2D eigenvalue weighted by Gasteiger charge is -2.38. The Morgan fingerprint density at radius 3 is 1.54 bits per heavy atom. The zero-order valence-electron chi connectivity index (χ0n) is 36.8. The van der Waals surface area contributed by atoms with E-state index in [0.29, 0.717) is 26.2 Å². The lowest BCUT2D eigenvalue weighted by molar-refractivity contribution is -0.160. The number of benzene rings is 2. The zero-order valence-corrected chi connectivity index (χ0v) is 36.8. The number of hydrogen-bond acceptors (Lipinski definition) is 13. The minimum Gasteiger partial charge on any atom is -0.459 e. The number of carbonyl (C=O) groups excluding carboxylic acids is 5. The summed E-state index contributed by atoms with van der Waals surface area (Å²) in [7, 11) is 0. The van der Waals surface area contributed by atoms with Gasteiger partial charge < -0.3 is 33.5 Å². The molecule has 1 unspecified atom stereocenters. The van der Waals surface area contributed by atoms with Crippen LogP contribution in [0.2, 0.25) is 0 Å². The topological polar surface area (TPSA) is 156 Å². The first-order valence-corrected chi connectivity index (χ1v) is 20.4. The molecular formula is C44H67N5O10. The van der Waals surface area contributed by atoms with Crippen molar-refractivity contribution in [1.82, 2.24) is 24.9 Å². The highest BCUT2D eigenvalue weighted by Gasteiger charge is 2.32. The average molecular weight is 826 g/mol. The smallest absolute Gasteiger partial charge is 0.410 e. The maximum atomic E-state index is 13.6. The van der Waals surface area contributed by atoms with Gasteiger partial charge in [0.2, 0.25) is 6.04 Å². The Hall–Kier alpha value is -4.73. The summed E-state index contributed by atoms with van der Waals surface area (Å²) in [5.74, 6) is -1.98. The number of hydrogen-bond donors (Lipinski definition) is 1. The fourth-order valence-corrected chi connectivity index (χ4v) is 6.00. The van der Waals surface area contributed by atoms with Crippen LogP contribution in [0, 0.1) is 0 Å². The molecule has 1 heterocycles. The van der Waals surface area contributed by atoms with E-state index in [0.717, 1.165) is 11.1 Å². The summed E-state index contributed by atoms with van der Waals surface area (Å²) in [6.45, 7) is 20.4. The van der Waals surface area contributed by atoms with Crippen molar-refractivity contribution in [1.29, 1.82) is 0 Å². The van der Waals surface area contributed by atoms with Crippen molar-refractivity contribution in [2.24, 2.45) is 0 Å². The molecule has 2 aromatic carbocycles. The van der Waals surface area contributed by atoms with Gasteiger partial charge in [-0.2, -0.15) is 0 Å². The van der Waals surface area contributed by atoms with Crippen molar-refractivity contribution in [3.63, 3.8) is 0 Å². The third-order valence-corrected chi connectivity index (χ3v) is 8.89. The second-order valence-electron chi connectivity index (χ2n) is 17.7. The maximum absolute atomic E-state index is 13.6. The summed E-state index contributed by atoms with van der Waals surface area (Å²) >= 11 is 0. The quantitative estimate of drug-likeness (QED) is 0.168. The normalized spacial score (nSPS) is 16.7. The van der Waals surface area contributed by atoms with Gasteiger partial charge in [0.05, 0.1) is 6.54 Å². The number of ether oxygens (including phenoxy) is 5. The van der Waals surface area contributed by atoms with E-state index < -0.39 is 52.9 Å². The fourth-order valence-electron chi connectivity index (χ4n) is 6.00. The Morgan fingerprint density at radius 2 is 1.07 bits per heavy atom. The number of esters is 3. The molecule has 328 valence electrons. The van der Waals surface area contributed by atoms with Gasteiger partial charge in [0.15, 0.2) is 0 Å². The molecule has 3 rings (SSSR count). The molecule has 59 heavy (non-hydrogen) atoms.